The highest BCUT2D eigenvalue weighted by molar-refractivity contribution is 7.87. The van der Waals surface area contributed by atoms with Crippen molar-refractivity contribution >= 4 is 46.7 Å². The van der Waals surface area contributed by atoms with Crippen molar-refractivity contribution in [3.8, 4) is 0 Å². The molecule has 2 aromatic rings. The Morgan fingerprint density at radius 2 is 1.82 bits per heavy atom. The lowest BCUT2D eigenvalue weighted by atomic mass is 9.88. The fraction of sp³-hybridized carbons (Fsp3) is 0.379. The number of aryl methyl sites for hydroxylation is 2. The van der Waals surface area contributed by atoms with E-state index in [4.69, 9.17) is 9.39 Å². The third-order valence-electron chi connectivity index (χ3n) is 7.95. The minimum Gasteiger partial charge on any atom is -0.394 e. The van der Waals surface area contributed by atoms with E-state index in [1.165, 1.54) is 0 Å². The van der Waals surface area contributed by atoms with Gasteiger partial charge in [-0.25, -0.2) is 4.79 Å². The summed E-state index contributed by atoms with van der Waals surface area (Å²) in [6, 6.07) is 10.5. The number of nitrogens with zero attached hydrogens (tertiary/aromatic N) is 4. The second-order valence-electron chi connectivity index (χ2n) is 12.3. The zero-order valence-corrected chi connectivity index (χ0v) is 25.7. The Balaban J connectivity index is 1.43. The van der Waals surface area contributed by atoms with Gasteiger partial charge in [0.2, 0.25) is 0 Å². The number of carbonyl (C=O) groups excluding carboxylic acids is 3. The van der Waals surface area contributed by atoms with Crippen LogP contribution in [0.15, 0.2) is 53.7 Å². The normalized spacial score (nSPS) is 19.6. The number of allylic oxidation sites excluding steroid dienone is 2. The second kappa shape index (κ2) is 11.2. The van der Waals surface area contributed by atoms with Crippen molar-refractivity contribution in [1.29, 1.82) is 0 Å². The zero-order chi connectivity index (χ0) is 32.2. The summed E-state index contributed by atoms with van der Waals surface area (Å²) < 4.78 is 68.1. The van der Waals surface area contributed by atoms with Gasteiger partial charge in [0.25, 0.3) is 21.9 Å². The van der Waals surface area contributed by atoms with Crippen LogP contribution >= 0.6 is 0 Å². The smallest absolute Gasteiger partial charge is 0.394 e. The van der Waals surface area contributed by atoms with Gasteiger partial charge in [-0.3, -0.25) is 14.1 Å². The first-order valence-electron chi connectivity index (χ1n) is 14.2. The molecule has 2 amide bonds. The summed E-state index contributed by atoms with van der Waals surface area (Å²) in [5.74, 6) is -3.60. The van der Waals surface area contributed by atoms with Gasteiger partial charge in [-0.15, -0.1) is 5.06 Å². The maximum atomic E-state index is 16.7. The molecule has 0 spiro atoms. The SMILES string of the molecule is Cc1cc(CCC(=O)ON2C(=O)CC(S(=O)(=O)O)C2=O)n2c1C=C1C(CCC[N+](C)(C)C)=CC(c3ccccc3)=[N+]1[B-]2(F)F. The molecule has 234 valence electrons. The standard InChI is InChI=1S/C29H33BF2N4O7S/c1-19-15-22(12-13-28(38)43-35-27(37)18-26(29(35)39)44(40,41)42)33-23(19)17-25-21(11-8-14-36(2,3)4)16-24(34(25)30(33,31)32)20-9-6-5-7-10-20/h5-7,9-10,15-17,26H,8,11-14,18H2,1-4H3/p+1. The van der Waals surface area contributed by atoms with Gasteiger partial charge in [0.15, 0.2) is 16.7 Å². The van der Waals surface area contributed by atoms with E-state index >= 15 is 8.63 Å². The lowest BCUT2D eigenvalue weighted by Crippen LogP contribution is -2.51. The van der Waals surface area contributed by atoms with Gasteiger partial charge >= 0.3 is 12.9 Å². The molecule has 1 aromatic heterocycles. The molecule has 1 fully saturated rings. The largest absolute Gasteiger partial charge is 0.737 e. The van der Waals surface area contributed by atoms with Crippen molar-refractivity contribution in [1.82, 2.24) is 9.54 Å². The number of imide groups is 1. The van der Waals surface area contributed by atoms with Gasteiger partial charge in [-0.2, -0.15) is 8.42 Å². The third-order valence-corrected chi connectivity index (χ3v) is 9.04. The van der Waals surface area contributed by atoms with Crippen molar-refractivity contribution in [2.75, 3.05) is 27.7 Å². The third kappa shape index (κ3) is 5.91. The first-order valence-corrected chi connectivity index (χ1v) is 15.7. The van der Waals surface area contributed by atoms with Crippen LogP contribution in [0, 0.1) is 6.92 Å². The molecule has 0 aliphatic carbocycles. The molecule has 3 aliphatic heterocycles. The van der Waals surface area contributed by atoms with Crippen molar-refractivity contribution in [3.63, 3.8) is 0 Å². The molecule has 3 aliphatic rings. The van der Waals surface area contributed by atoms with E-state index in [9.17, 15) is 22.8 Å². The van der Waals surface area contributed by atoms with Crippen LogP contribution in [0.4, 0.5) is 8.63 Å². The average Bonchev–Trinajstić information content (AvgIpc) is 3.55. The number of amides is 2. The summed E-state index contributed by atoms with van der Waals surface area (Å²) >= 11 is 0. The lowest BCUT2D eigenvalue weighted by molar-refractivity contribution is -0.870. The quantitative estimate of drug-likeness (QED) is 0.185. The van der Waals surface area contributed by atoms with Crippen LogP contribution in [0.3, 0.4) is 0 Å². The summed E-state index contributed by atoms with van der Waals surface area (Å²) in [7, 11) is 1.36. The number of hydrogen-bond donors (Lipinski definition) is 1. The molecule has 1 saturated heterocycles. The second-order valence-corrected chi connectivity index (χ2v) is 13.9. The fourth-order valence-corrected chi connectivity index (χ4v) is 6.58. The average molecular weight is 631 g/mol. The lowest BCUT2D eigenvalue weighted by Gasteiger charge is -2.32. The number of carbonyl (C=O) groups is 3. The molecular formula is C29H34BF2N4O7S+. The van der Waals surface area contributed by atoms with E-state index in [2.05, 4.69) is 21.1 Å². The Bertz CT molecular complexity index is 1760. The van der Waals surface area contributed by atoms with E-state index < -0.39 is 53.0 Å². The van der Waals surface area contributed by atoms with E-state index in [0.717, 1.165) is 32.0 Å². The number of fused-ring (bicyclic) bond motifs is 2. The fourth-order valence-electron chi connectivity index (χ4n) is 5.88. The van der Waals surface area contributed by atoms with Crippen LogP contribution in [-0.2, 0) is 35.8 Å². The number of halogens is 2. The predicted molar refractivity (Wildman–Crippen MR) is 158 cm³/mol. The van der Waals surface area contributed by atoms with E-state index in [1.807, 2.05) is 12.1 Å². The number of hydrogen-bond acceptors (Lipinski definition) is 6. The van der Waals surface area contributed by atoms with Crippen LogP contribution in [0.2, 0.25) is 0 Å². The highest BCUT2D eigenvalue weighted by Gasteiger charge is 2.54. The molecule has 44 heavy (non-hydrogen) atoms. The molecule has 11 nitrogen and oxygen atoms in total. The Kier molecular flexibility index (Phi) is 8.01. The number of quaternary nitrogens is 1. The molecule has 0 saturated carbocycles. The molecule has 5 rings (SSSR count). The predicted octanol–water partition coefficient (Wildman–Crippen LogP) is 2.71. The highest BCUT2D eigenvalue weighted by Crippen LogP contribution is 2.39. The Labute approximate surface area is 254 Å². The molecule has 1 unspecified atom stereocenters. The van der Waals surface area contributed by atoms with Gasteiger partial charge in [0.05, 0.1) is 40.5 Å². The summed E-state index contributed by atoms with van der Waals surface area (Å²) in [4.78, 5) is 41.7. The molecule has 0 bridgehead atoms. The van der Waals surface area contributed by atoms with Crippen molar-refractivity contribution in [2.45, 2.75) is 44.3 Å². The molecule has 0 radical (unpaired) electrons. The first-order chi connectivity index (χ1) is 20.5. The number of hydroxylamine groups is 2. The molecule has 1 N–H and O–H groups in total. The summed E-state index contributed by atoms with van der Waals surface area (Å²) in [6.45, 7) is -1.84. The molecular weight excluding hydrogens is 597 g/mol. The van der Waals surface area contributed by atoms with Crippen LogP contribution in [0.5, 0.6) is 0 Å². The van der Waals surface area contributed by atoms with Crippen LogP contribution in [0.1, 0.15) is 48.2 Å². The zero-order valence-electron chi connectivity index (χ0n) is 24.9. The van der Waals surface area contributed by atoms with Crippen molar-refractivity contribution in [2.24, 2.45) is 0 Å². The minimum atomic E-state index is -4.88. The van der Waals surface area contributed by atoms with Gasteiger partial charge in [-0.05, 0) is 49.2 Å². The highest BCUT2D eigenvalue weighted by atomic mass is 32.2. The summed E-state index contributed by atoms with van der Waals surface area (Å²) in [5.41, 5.74) is 3.33. The van der Waals surface area contributed by atoms with Crippen LogP contribution in [0.25, 0.3) is 6.08 Å². The molecule has 1 aromatic carbocycles. The van der Waals surface area contributed by atoms with Crippen molar-refractivity contribution in [3.05, 3.63) is 76.3 Å². The Hall–Kier alpha value is -3.95. The van der Waals surface area contributed by atoms with Gasteiger partial charge in [-0.1, -0.05) is 18.2 Å². The number of aromatic nitrogens is 1. The molecule has 15 heteroatoms. The van der Waals surface area contributed by atoms with E-state index in [1.54, 1.807) is 43.3 Å². The maximum Gasteiger partial charge on any atom is 0.737 e. The first kappa shape index (κ1) is 31.5. The van der Waals surface area contributed by atoms with E-state index in [0.29, 0.717) is 34.7 Å². The van der Waals surface area contributed by atoms with Gasteiger partial charge < -0.3 is 26.9 Å². The topological polar surface area (TPSA) is 126 Å². The monoisotopic (exact) mass is 631 g/mol. The van der Waals surface area contributed by atoms with Gasteiger partial charge in [0, 0.05) is 35.4 Å². The number of rotatable bonds is 10. The molecule has 1 atom stereocenters. The minimum absolute atomic E-state index is 0.00421. The number of benzene rings is 1. The Morgan fingerprint density at radius 1 is 1.14 bits per heavy atom. The maximum absolute atomic E-state index is 16.7. The Morgan fingerprint density at radius 3 is 2.43 bits per heavy atom. The van der Waals surface area contributed by atoms with E-state index in [-0.39, 0.29) is 17.2 Å². The van der Waals surface area contributed by atoms with Crippen LogP contribution < -0.4 is 0 Å². The summed E-state index contributed by atoms with van der Waals surface area (Å²) in [6.07, 6.45) is 3.43. The summed E-state index contributed by atoms with van der Waals surface area (Å²) in [5, 5.41) is -2.06. The van der Waals surface area contributed by atoms with Gasteiger partial charge in [0.1, 0.15) is 0 Å². The van der Waals surface area contributed by atoms with Crippen LogP contribution in [-0.4, -0.2) is 94.9 Å². The molecule has 4 heterocycles. The van der Waals surface area contributed by atoms with Crippen molar-refractivity contribution < 1.29 is 49.8 Å².